The highest BCUT2D eigenvalue weighted by molar-refractivity contribution is 5.89. The summed E-state index contributed by atoms with van der Waals surface area (Å²) in [4.78, 5) is 44.5. The first kappa shape index (κ1) is 19.8. The molecule has 6 N–H and O–H groups in total. The van der Waals surface area contributed by atoms with Crippen molar-refractivity contribution in [2.75, 3.05) is 6.54 Å². The summed E-state index contributed by atoms with van der Waals surface area (Å²) >= 11 is 0. The van der Waals surface area contributed by atoms with E-state index < -0.39 is 42.4 Å². The van der Waals surface area contributed by atoms with Crippen molar-refractivity contribution in [1.29, 1.82) is 0 Å². The maximum Gasteiger partial charge on any atom is 0.326 e. The van der Waals surface area contributed by atoms with E-state index in [1.807, 2.05) is 13.8 Å². The van der Waals surface area contributed by atoms with Crippen molar-refractivity contribution in [2.24, 2.45) is 11.7 Å². The molecular formula is C13H23N3O6. The fourth-order valence-corrected chi connectivity index (χ4v) is 1.65. The van der Waals surface area contributed by atoms with Crippen LogP contribution in [0.3, 0.4) is 0 Å². The van der Waals surface area contributed by atoms with Gasteiger partial charge in [0.2, 0.25) is 11.8 Å². The first-order valence-corrected chi connectivity index (χ1v) is 6.90. The molecule has 0 aromatic rings. The molecule has 0 aromatic carbocycles. The SMILES string of the molecule is CC(C)CC(NC(=O)CNC(=O)C(N)CCC(=O)O)C(=O)O. The summed E-state index contributed by atoms with van der Waals surface area (Å²) in [5.41, 5.74) is 5.47. The van der Waals surface area contributed by atoms with Crippen LogP contribution in [0.4, 0.5) is 0 Å². The summed E-state index contributed by atoms with van der Waals surface area (Å²) in [6.45, 7) is 3.23. The third-order valence-electron chi connectivity index (χ3n) is 2.77. The van der Waals surface area contributed by atoms with Gasteiger partial charge in [-0.2, -0.15) is 0 Å². The minimum atomic E-state index is -1.15. The molecule has 126 valence electrons. The number of carbonyl (C=O) groups excluding carboxylic acids is 2. The molecule has 0 spiro atoms. The van der Waals surface area contributed by atoms with Crippen molar-refractivity contribution in [3.8, 4) is 0 Å². The lowest BCUT2D eigenvalue weighted by molar-refractivity contribution is -0.142. The highest BCUT2D eigenvalue weighted by atomic mass is 16.4. The Hall–Kier alpha value is -2.16. The van der Waals surface area contributed by atoms with Gasteiger partial charge in [0.15, 0.2) is 0 Å². The fourth-order valence-electron chi connectivity index (χ4n) is 1.65. The molecular weight excluding hydrogens is 294 g/mol. The number of carboxylic acid groups (broad SMARTS) is 2. The van der Waals surface area contributed by atoms with E-state index >= 15 is 0 Å². The Morgan fingerprint density at radius 3 is 2.18 bits per heavy atom. The van der Waals surface area contributed by atoms with E-state index in [1.54, 1.807) is 0 Å². The predicted octanol–water partition coefficient (Wildman–Crippen LogP) is -1.09. The maximum absolute atomic E-state index is 11.6. The number of carbonyl (C=O) groups is 4. The van der Waals surface area contributed by atoms with Gasteiger partial charge >= 0.3 is 11.9 Å². The number of nitrogens with one attached hydrogen (secondary N) is 2. The van der Waals surface area contributed by atoms with E-state index in [9.17, 15) is 19.2 Å². The van der Waals surface area contributed by atoms with Gasteiger partial charge in [-0.15, -0.1) is 0 Å². The van der Waals surface area contributed by atoms with Gasteiger partial charge in [0.25, 0.3) is 0 Å². The van der Waals surface area contributed by atoms with E-state index in [4.69, 9.17) is 15.9 Å². The van der Waals surface area contributed by atoms with Crippen LogP contribution in [-0.2, 0) is 19.2 Å². The normalized spacial score (nSPS) is 13.3. The molecule has 0 rings (SSSR count). The average Bonchev–Trinajstić information content (AvgIpc) is 2.40. The first-order chi connectivity index (χ1) is 10.1. The second-order valence-corrected chi connectivity index (χ2v) is 5.34. The number of aliphatic carboxylic acids is 2. The molecule has 0 aromatic heterocycles. The molecule has 0 fully saturated rings. The molecule has 0 saturated carbocycles. The van der Waals surface area contributed by atoms with Crippen LogP contribution in [0, 0.1) is 5.92 Å². The molecule has 0 heterocycles. The summed E-state index contributed by atoms with van der Waals surface area (Å²) in [6, 6.07) is -2.06. The Kier molecular flexibility index (Phi) is 8.76. The van der Waals surface area contributed by atoms with E-state index in [-0.39, 0.29) is 25.2 Å². The maximum atomic E-state index is 11.6. The largest absolute Gasteiger partial charge is 0.481 e. The molecule has 9 nitrogen and oxygen atoms in total. The predicted molar refractivity (Wildman–Crippen MR) is 76.9 cm³/mol. The molecule has 0 radical (unpaired) electrons. The van der Waals surface area contributed by atoms with Crippen LogP contribution in [0.25, 0.3) is 0 Å². The van der Waals surface area contributed by atoms with Crippen LogP contribution in [0.15, 0.2) is 0 Å². The van der Waals surface area contributed by atoms with Crippen molar-refractivity contribution in [3.05, 3.63) is 0 Å². The fraction of sp³-hybridized carbons (Fsp3) is 0.692. The highest BCUT2D eigenvalue weighted by Gasteiger charge is 2.22. The van der Waals surface area contributed by atoms with Crippen molar-refractivity contribution < 1.29 is 29.4 Å². The number of amides is 2. The highest BCUT2D eigenvalue weighted by Crippen LogP contribution is 2.04. The van der Waals surface area contributed by atoms with Crippen LogP contribution in [0.1, 0.15) is 33.1 Å². The minimum Gasteiger partial charge on any atom is -0.481 e. The smallest absolute Gasteiger partial charge is 0.326 e. The lowest BCUT2D eigenvalue weighted by atomic mass is 10.0. The van der Waals surface area contributed by atoms with Gasteiger partial charge in [0.05, 0.1) is 12.6 Å². The monoisotopic (exact) mass is 317 g/mol. The average molecular weight is 317 g/mol. The molecule has 9 heteroatoms. The quantitative estimate of drug-likeness (QED) is 0.342. The Morgan fingerprint density at radius 2 is 1.73 bits per heavy atom. The molecule has 0 bridgehead atoms. The van der Waals surface area contributed by atoms with Crippen LogP contribution in [-0.4, -0.2) is 52.6 Å². The summed E-state index contributed by atoms with van der Waals surface area (Å²) in [5.74, 6) is -3.44. The van der Waals surface area contributed by atoms with E-state index in [0.29, 0.717) is 0 Å². The second-order valence-electron chi connectivity index (χ2n) is 5.34. The Balaban J connectivity index is 4.22. The molecule has 0 saturated heterocycles. The standard InChI is InChI=1S/C13H23N3O6/c1-7(2)5-9(13(21)22)16-10(17)6-15-12(20)8(14)3-4-11(18)19/h7-9H,3-6,14H2,1-2H3,(H,15,20)(H,16,17)(H,18,19)(H,21,22). The van der Waals surface area contributed by atoms with Gasteiger partial charge < -0.3 is 26.6 Å². The molecule has 0 aliphatic heterocycles. The molecule has 2 unspecified atom stereocenters. The minimum absolute atomic E-state index is 0.0477. The Morgan fingerprint density at radius 1 is 1.14 bits per heavy atom. The molecule has 0 aliphatic rings. The Bertz CT molecular complexity index is 424. The molecule has 22 heavy (non-hydrogen) atoms. The lowest BCUT2D eigenvalue weighted by Gasteiger charge is -2.17. The van der Waals surface area contributed by atoms with Gasteiger partial charge in [-0.1, -0.05) is 13.8 Å². The van der Waals surface area contributed by atoms with Crippen molar-refractivity contribution in [1.82, 2.24) is 10.6 Å². The summed E-state index contributed by atoms with van der Waals surface area (Å²) < 4.78 is 0. The number of carboxylic acids is 2. The lowest BCUT2D eigenvalue weighted by Crippen LogP contribution is -2.48. The molecule has 0 aliphatic carbocycles. The van der Waals surface area contributed by atoms with Gasteiger partial charge in [-0.25, -0.2) is 4.79 Å². The van der Waals surface area contributed by atoms with Crippen LogP contribution >= 0.6 is 0 Å². The van der Waals surface area contributed by atoms with Gasteiger partial charge in [0.1, 0.15) is 6.04 Å². The third-order valence-corrected chi connectivity index (χ3v) is 2.77. The summed E-state index contributed by atoms with van der Waals surface area (Å²) in [5, 5.41) is 22.0. The van der Waals surface area contributed by atoms with E-state index in [0.717, 1.165) is 0 Å². The third kappa shape index (κ3) is 8.90. The van der Waals surface area contributed by atoms with Crippen molar-refractivity contribution in [3.63, 3.8) is 0 Å². The topological polar surface area (TPSA) is 159 Å². The Labute approximate surface area is 128 Å². The zero-order valence-corrected chi connectivity index (χ0v) is 12.7. The van der Waals surface area contributed by atoms with Crippen molar-refractivity contribution in [2.45, 2.75) is 45.2 Å². The van der Waals surface area contributed by atoms with Gasteiger partial charge in [-0.3, -0.25) is 14.4 Å². The van der Waals surface area contributed by atoms with E-state index in [2.05, 4.69) is 10.6 Å². The second kappa shape index (κ2) is 9.72. The number of hydrogen-bond acceptors (Lipinski definition) is 5. The summed E-state index contributed by atoms with van der Waals surface area (Å²) in [7, 11) is 0. The number of rotatable bonds is 10. The van der Waals surface area contributed by atoms with Crippen LogP contribution in [0.2, 0.25) is 0 Å². The van der Waals surface area contributed by atoms with Gasteiger partial charge in [0, 0.05) is 6.42 Å². The van der Waals surface area contributed by atoms with E-state index in [1.165, 1.54) is 0 Å². The molecule has 2 amide bonds. The van der Waals surface area contributed by atoms with Crippen LogP contribution < -0.4 is 16.4 Å². The van der Waals surface area contributed by atoms with Gasteiger partial charge in [-0.05, 0) is 18.8 Å². The van der Waals surface area contributed by atoms with Crippen molar-refractivity contribution >= 4 is 23.8 Å². The number of nitrogens with two attached hydrogens (primary N) is 1. The van der Waals surface area contributed by atoms with Crippen LogP contribution in [0.5, 0.6) is 0 Å². The zero-order valence-electron chi connectivity index (χ0n) is 12.7. The molecule has 2 atom stereocenters. The number of hydrogen-bond donors (Lipinski definition) is 5. The zero-order chi connectivity index (χ0) is 17.3. The first-order valence-electron chi connectivity index (χ1n) is 6.90. The summed E-state index contributed by atoms with van der Waals surface area (Å²) in [6.07, 6.45) is -0.0305.